The summed E-state index contributed by atoms with van der Waals surface area (Å²) in [6.07, 6.45) is 12.6. The van der Waals surface area contributed by atoms with Crippen LogP contribution in [0.25, 0.3) is 0 Å². The Hall–Kier alpha value is -0.130. The molecular weight excluding hydrogens is 312 g/mol. The van der Waals surface area contributed by atoms with E-state index in [4.69, 9.17) is 9.29 Å². The van der Waals surface area contributed by atoms with Crippen molar-refractivity contribution in [3.05, 3.63) is 0 Å². The van der Waals surface area contributed by atoms with Gasteiger partial charge in [-0.2, -0.15) is 8.42 Å². The lowest BCUT2D eigenvalue weighted by molar-refractivity contribution is -0.0647. The predicted octanol–water partition coefficient (Wildman–Crippen LogP) is 5.37. The summed E-state index contributed by atoms with van der Waals surface area (Å²) in [7, 11) is -3.91. The minimum Gasteiger partial charge on any atom is -0.373 e. The van der Waals surface area contributed by atoms with Gasteiger partial charge in [0.05, 0.1) is 17.5 Å². The Balaban J connectivity index is 3.87. The molecule has 1 atom stereocenters. The van der Waals surface area contributed by atoms with Crippen LogP contribution in [-0.4, -0.2) is 30.4 Å². The zero-order valence-electron chi connectivity index (χ0n) is 15.6. The minimum absolute atomic E-state index is 0.0959. The summed E-state index contributed by atoms with van der Waals surface area (Å²) in [4.78, 5) is 0. The van der Waals surface area contributed by atoms with Crippen LogP contribution in [-0.2, 0) is 14.9 Å². The van der Waals surface area contributed by atoms with Gasteiger partial charge >= 0.3 is 0 Å². The molecule has 23 heavy (non-hydrogen) atoms. The van der Waals surface area contributed by atoms with Gasteiger partial charge in [-0.25, -0.2) is 0 Å². The Kier molecular flexibility index (Phi) is 12.2. The van der Waals surface area contributed by atoms with Crippen molar-refractivity contribution >= 4 is 10.1 Å². The van der Waals surface area contributed by atoms with Crippen LogP contribution < -0.4 is 0 Å². The number of ether oxygens (including phenoxy) is 1. The van der Waals surface area contributed by atoms with Gasteiger partial charge in [-0.05, 0) is 33.6 Å². The smallest absolute Gasteiger partial charge is 0.264 e. The van der Waals surface area contributed by atoms with E-state index in [0.717, 1.165) is 12.8 Å². The largest absolute Gasteiger partial charge is 0.373 e. The third kappa shape index (κ3) is 18.1. The molecule has 0 amide bonds. The van der Waals surface area contributed by atoms with Crippen LogP contribution in [0, 0.1) is 0 Å². The third-order valence-corrected chi connectivity index (χ3v) is 4.60. The average molecular weight is 351 g/mol. The molecule has 5 heteroatoms. The molecule has 0 saturated carbocycles. The molecule has 0 aromatic heterocycles. The average Bonchev–Trinajstić information content (AvgIpc) is 2.40. The van der Waals surface area contributed by atoms with Crippen LogP contribution in [0.15, 0.2) is 0 Å². The zero-order valence-corrected chi connectivity index (χ0v) is 16.5. The molecule has 0 radical (unpaired) electrons. The molecule has 0 heterocycles. The van der Waals surface area contributed by atoms with Gasteiger partial charge in [0.25, 0.3) is 10.1 Å². The van der Waals surface area contributed by atoms with E-state index in [0.29, 0.717) is 6.42 Å². The van der Waals surface area contributed by atoms with Crippen molar-refractivity contribution in [2.45, 2.75) is 110 Å². The molecule has 0 aliphatic heterocycles. The Labute approximate surface area is 144 Å². The number of hydrogen-bond donors (Lipinski definition) is 1. The van der Waals surface area contributed by atoms with E-state index < -0.39 is 10.1 Å². The highest BCUT2D eigenvalue weighted by molar-refractivity contribution is 7.85. The molecule has 0 aromatic carbocycles. The van der Waals surface area contributed by atoms with Crippen LogP contribution >= 0.6 is 0 Å². The Morgan fingerprint density at radius 2 is 1.35 bits per heavy atom. The fraction of sp³-hybridized carbons (Fsp3) is 1.00. The van der Waals surface area contributed by atoms with Gasteiger partial charge in [-0.1, -0.05) is 64.7 Å². The lowest BCUT2D eigenvalue weighted by Gasteiger charge is -2.27. The van der Waals surface area contributed by atoms with E-state index in [-0.39, 0.29) is 17.5 Å². The molecule has 0 aliphatic carbocycles. The maximum Gasteiger partial charge on any atom is 0.264 e. The highest BCUT2D eigenvalue weighted by Crippen LogP contribution is 2.19. The lowest BCUT2D eigenvalue weighted by Crippen LogP contribution is -2.29. The first-order valence-electron chi connectivity index (χ1n) is 9.27. The maximum atomic E-state index is 10.9. The second-order valence-electron chi connectivity index (χ2n) is 7.54. The Morgan fingerprint density at radius 3 is 1.78 bits per heavy atom. The SMILES string of the molecule is CCCCCCCCCCCC(CCS(=O)(=O)O)OC(C)(C)C. The molecule has 0 aliphatic rings. The summed E-state index contributed by atoms with van der Waals surface area (Å²) in [5, 5.41) is 0. The Morgan fingerprint density at radius 1 is 0.870 bits per heavy atom. The lowest BCUT2D eigenvalue weighted by atomic mass is 10.0. The molecular formula is C18H38O4S. The molecule has 4 nitrogen and oxygen atoms in total. The first kappa shape index (κ1) is 22.9. The fourth-order valence-electron chi connectivity index (χ4n) is 2.73. The van der Waals surface area contributed by atoms with Crippen molar-refractivity contribution in [3.8, 4) is 0 Å². The molecule has 0 rings (SSSR count). The maximum absolute atomic E-state index is 10.9. The van der Waals surface area contributed by atoms with Crippen LogP contribution in [0.1, 0.15) is 98.3 Å². The second kappa shape index (κ2) is 12.3. The normalized spacial score (nSPS) is 14.1. The van der Waals surface area contributed by atoms with E-state index in [1.807, 2.05) is 20.8 Å². The molecule has 1 N–H and O–H groups in total. The van der Waals surface area contributed by atoms with Crippen molar-refractivity contribution in [1.29, 1.82) is 0 Å². The predicted molar refractivity (Wildman–Crippen MR) is 97.5 cm³/mol. The summed E-state index contributed by atoms with van der Waals surface area (Å²) < 4.78 is 36.7. The van der Waals surface area contributed by atoms with Crippen molar-refractivity contribution in [3.63, 3.8) is 0 Å². The molecule has 140 valence electrons. The third-order valence-electron chi connectivity index (χ3n) is 3.85. The van der Waals surface area contributed by atoms with Crippen LogP contribution in [0.3, 0.4) is 0 Å². The molecule has 1 unspecified atom stereocenters. The van der Waals surface area contributed by atoms with E-state index in [1.54, 1.807) is 0 Å². The first-order valence-corrected chi connectivity index (χ1v) is 10.9. The number of hydrogen-bond acceptors (Lipinski definition) is 3. The molecule has 0 fully saturated rings. The molecule has 0 spiro atoms. The molecule has 0 aromatic rings. The summed E-state index contributed by atoms with van der Waals surface area (Å²) in [6, 6.07) is 0. The van der Waals surface area contributed by atoms with Crippen molar-refractivity contribution in [2.24, 2.45) is 0 Å². The van der Waals surface area contributed by atoms with Gasteiger partial charge in [0, 0.05) is 0 Å². The van der Waals surface area contributed by atoms with E-state index in [1.165, 1.54) is 51.4 Å². The van der Waals surface area contributed by atoms with Crippen LogP contribution in [0.2, 0.25) is 0 Å². The van der Waals surface area contributed by atoms with Gasteiger partial charge < -0.3 is 4.74 Å². The number of unbranched alkanes of at least 4 members (excludes halogenated alkanes) is 8. The van der Waals surface area contributed by atoms with E-state index >= 15 is 0 Å². The summed E-state index contributed by atoms with van der Waals surface area (Å²) in [6.45, 7) is 8.16. The number of rotatable bonds is 14. The standard InChI is InChI=1S/C18H38O4S/c1-5-6-7-8-9-10-11-12-13-14-17(22-18(2,3)4)15-16-23(19,20)21/h17H,5-16H2,1-4H3,(H,19,20,21). The van der Waals surface area contributed by atoms with Gasteiger partial charge in [-0.15, -0.1) is 0 Å². The molecule has 0 bridgehead atoms. The van der Waals surface area contributed by atoms with E-state index in [9.17, 15) is 8.42 Å². The van der Waals surface area contributed by atoms with Gasteiger partial charge in [-0.3, -0.25) is 4.55 Å². The summed E-state index contributed by atoms with van der Waals surface area (Å²) in [5.41, 5.74) is -0.289. The summed E-state index contributed by atoms with van der Waals surface area (Å²) in [5.74, 6) is -0.217. The minimum atomic E-state index is -3.91. The fourth-order valence-corrected chi connectivity index (χ4v) is 3.29. The van der Waals surface area contributed by atoms with Crippen molar-refractivity contribution < 1.29 is 17.7 Å². The highest BCUT2D eigenvalue weighted by Gasteiger charge is 2.20. The quantitative estimate of drug-likeness (QED) is 0.338. The zero-order chi connectivity index (χ0) is 17.8. The summed E-state index contributed by atoms with van der Waals surface area (Å²) >= 11 is 0. The van der Waals surface area contributed by atoms with Gasteiger partial charge in [0.2, 0.25) is 0 Å². The first-order chi connectivity index (χ1) is 10.6. The van der Waals surface area contributed by atoms with Crippen molar-refractivity contribution in [2.75, 3.05) is 5.75 Å². The van der Waals surface area contributed by atoms with Crippen LogP contribution in [0.4, 0.5) is 0 Å². The van der Waals surface area contributed by atoms with Crippen LogP contribution in [0.5, 0.6) is 0 Å². The van der Waals surface area contributed by atoms with Gasteiger partial charge in [0.1, 0.15) is 0 Å². The van der Waals surface area contributed by atoms with E-state index in [2.05, 4.69) is 6.92 Å². The molecule has 0 saturated heterocycles. The second-order valence-corrected chi connectivity index (χ2v) is 9.12. The monoisotopic (exact) mass is 350 g/mol. The van der Waals surface area contributed by atoms with Gasteiger partial charge in [0.15, 0.2) is 0 Å². The topological polar surface area (TPSA) is 63.6 Å². The Bertz CT molecular complexity index is 371. The van der Waals surface area contributed by atoms with Crippen molar-refractivity contribution in [1.82, 2.24) is 0 Å². The highest BCUT2D eigenvalue weighted by atomic mass is 32.2.